The van der Waals surface area contributed by atoms with E-state index in [1.165, 1.54) is 21.3 Å². The molecule has 0 aliphatic rings. The molecule has 108 valence electrons. The molecule has 5 heteroatoms. The molecule has 0 aliphatic heterocycles. The Morgan fingerprint density at radius 3 is 2.90 bits per heavy atom. The van der Waals surface area contributed by atoms with Crippen LogP contribution < -0.4 is 10.6 Å². The first kappa shape index (κ1) is 14.1. The molecule has 0 aliphatic carbocycles. The van der Waals surface area contributed by atoms with Gasteiger partial charge in [0, 0.05) is 41.5 Å². The van der Waals surface area contributed by atoms with Gasteiger partial charge in [-0.2, -0.15) is 0 Å². The summed E-state index contributed by atoms with van der Waals surface area (Å²) in [6.07, 6.45) is 2.11. The van der Waals surface area contributed by atoms with E-state index in [0.717, 1.165) is 6.54 Å². The van der Waals surface area contributed by atoms with Gasteiger partial charge in [-0.1, -0.05) is 24.3 Å². The van der Waals surface area contributed by atoms with Gasteiger partial charge in [-0.25, -0.2) is 0 Å². The molecule has 3 rings (SSSR count). The summed E-state index contributed by atoms with van der Waals surface area (Å²) in [6, 6.07) is 12.7. The lowest BCUT2D eigenvalue weighted by atomic mass is 9.97. The predicted molar refractivity (Wildman–Crippen MR) is 94.1 cm³/mol. The number of para-hydroxylation sites is 1. The fourth-order valence-electron chi connectivity index (χ4n) is 2.52. The second-order valence-corrected chi connectivity index (χ2v) is 6.21. The molecule has 3 aromatic rings. The van der Waals surface area contributed by atoms with Crippen molar-refractivity contribution >= 4 is 39.6 Å². The normalized spacial score (nSPS) is 12.2. The summed E-state index contributed by atoms with van der Waals surface area (Å²) in [5.41, 5.74) is 2.48. The van der Waals surface area contributed by atoms with Gasteiger partial charge in [0.05, 0.1) is 0 Å². The zero-order chi connectivity index (χ0) is 14.7. The van der Waals surface area contributed by atoms with E-state index in [4.69, 9.17) is 12.2 Å². The third kappa shape index (κ3) is 2.94. The maximum absolute atomic E-state index is 5.20. The van der Waals surface area contributed by atoms with Gasteiger partial charge in [0.25, 0.3) is 0 Å². The maximum Gasteiger partial charge on any atom is 0.166 e. The van der Waals surface area contributed by atoms with Crippen molar-refractivity contribution in [3.8, 4) is 0 Å². The Kier molecular flexibility index (Phi) is 4.22. The highest BCUT2D eigenvalue weighted by atomic mass is 32.1. The van der Waals surface area contributed by atoms with E-state index in [9.17, 15) is 0 Å². The van der Waals surface area contributed by atoms with Crippen molar-refractivity contribution in [1.82, 2.24) is 15.6 Å². The third-order valence-electron chi connectivity index (χ3n) is 3.58. The van der Waals surface area contributed by atoms with Gasteiger partial charge in [0.1, 0.15) is 0 Å². The number of hydrogen-bond acceptors (Lipinski definition) is 2. The molecule has 0 spiro atoms. The zero-order valence-corrected chi connectivity index (χ0v) is 13.4. The molecular weight excluding hydrogens is 298 g/mol. The summed E-state index contributed by atoms with van der Waals surface area (Å²) < 4.78 is 0. The van der Waals surface area contributed by atoms with E-state index in [2.05, 4.69) is 63.6 Å². The predicted octanol–water partition coefficient (Wildman–Crippen LogP) is 3.46. The number of thiocarbonyl (C=S) groups is 1. The smallest absolute Gasteiger partial charge is 0.166 e. The Bertz CT molecular complexity index is 731. The standard InChI is InChI=1S/C16H17N3S2/c1-17-16(20)19-10-13(15-7-4-8-21-15)12-9-18-14-6-3-2-5-11(12)14/h2-9,13,18H,10H2,1H3,(H2,17,19,20)/t13-/m0/s1. The van der Waals surface area contributed by atoms with Gasteiger partial charge in [0.2, 0.25) is 0 Å². The Hall–Kier alpha value is -1.85. The fraction of sp³-hybridized carbons (Fsp3) is 0.188. The average Bonchev–Trinajstić information content (AvgIpc) is 3.17. The van der Waals surface area contributed by atoms with Crippen LogP contribution in [-0.2, 0) is 0 Å². The molecule has 0 saturated carbocycles. The molecule has 0 radical (unpaired) electrons. The summed E-state index contributed by atoms with van der Waals surface area (Å²) in [4.78, 5) is 4.70. The van der Waals surface area contributed by atoms with Gasteiger partial charge < -0.3 is 15.6 Å². The van der Waals surface area contributed by atoms with Crippen molar-refractivity contribution < 1.29 is 0 Å². The molecule has 21 heavy (non-hydrogen) atoms. The van der Waals surface area contributed by atoms with Crippen LogP contribution in [-0.4, -0.2) is 23.7 Å². The van der Waals surface area contributed by atoms with Crippen LogP contribution in [0.15, 0.2) is 48.0 Å². The summed E-state index contributed by atoms with van der Waals surface area (Å²) in [6.45, 7) is 0.780. The molecule has 3 nitrogen and oxygen atoms in total. The number of benzene rings is 1. The summed E-state index contributed by atoms with van der Waals surface area (Å²) in [5.74, 6) is 0.285. The molecule has 2 aromatic heterocycles. The molecule has 2 heterocycles. The Balaban J connectivity index is 1.97. The molecule has 0 unspecified atom stereocenters. The highest BCUT2D eigenvalue weighted by molar-refractivity contribution is 7.80. The molecule has 0 bridgehead atoms. The van der Waals surface area contributed by atoms with Crippen LogP contribution in [0.1, 0.15) is 16.4 Å². The van der Waals surface area contributed by atoms with Gasteiger partial charge in [0.15, 0.2) is 5.11 Å². The summed E-state index contributed by atoms with van der Waals surface area (Å²) >= 11 is 6.98. The lowest BCUT2D eigenvalue weighted by Crippen LogP contribution is -2.35. The first-order valence-electron chi connectivity index (χ1n) is 6.84. The molecule has 1 aromatic carbocycles. The molecule has 0 amide bonds. The number of thiophene rings is 1. The Labute approximate surface area is 133 Å². The molecular formula is C16H17N3S2. The van der Waals surface area contributed by atoms with Crippen LogP contribution in [0.3, 0.4) is 0 Å². The van der Waals surface area contributed by atoms with Crippen LogP contribution in [0.5, 0.6) is 0 Å². The SMILES string of the molecule is CNC(=S)NC[C@H](c1cccs1)c1c[nH]c2ccccc12. The number of nitrogens with one attached hydrogen (secondary N) is 3. The van der Waals surface area contributed by atoms with E-state index < -0.39 is 0 Å². The van der Waals surface area contributed by atoms with Crippen molar-refractivity contribution in [2.24, 2.45) is 0 Å². The molecule has 0 fully saturated rings. The van der Waals surface area contributed by atoms with E-state index >= 15 is 0 Å². The van der Waals surface area contributed by atoms with Gasteiger partial charge in [-0.05, 0) is 35.3 Å². The van der Waals surface area contributed by atoms with E-state index in [1.807, 2.05) is 7.05 Å². The lowest BCUT2D eigenvalue weighted by molar-refractivity contribution is 0.766. The molecule has 0 saturated heterocycles. The van der Waals surface area contributed by atoms with Gasteiger partial charge in [-0.15, -0.1) is 11.3 Å². The first-order valence-corrected chi connectivity index (χ1v) is 8.13. The second kappa shape index (κ2) is 6.28. The van der Waals surface area contributed by atoms with Crippen LogP contribution in [0.2, 0.25) is 0 Å². The maximum atomic E-state index is 5.20. The van der Waals surface area contributed by atoms with Crippen LogP contribution in [0, 0.1) is 0 Å². The Morgan fingerprint density at radius 2 is 2.14 bits per heavy atom. The number of aromatic nitrogens is 1. The van der Waals surface area contributed by atoms with Crippen molar-refractivity contribution in [1.29, 1.82) is 0 Å². The number of aromatic amines is 1. The van der Waals surface area contributed by atoms with E-state index in [-0.39, 0.29) is 5.92 Å². The van der Waals surface area contributed by atoms with Crippen LogP contribution >= 0.6 is 23.6 Å². The fourth-order valence-corrected chi connectivity index (χ4v) is 3.45. The van der Waals surface area contributed by atoms with Crippen molar-refractivity contribution in [3.63, 3.8) is 0 Å². The quantitative estimate of drug-likeness (QED) is 0.646. The van der Waals surface area contributed by atoms with Crippen LogP contribution in [0.25, 0.3) is 10.9 Å². The minimum absolute atomic E-state index is 0.285. The number of fused-ring (bicyclic) bond motifs is 1. The van der Waals surface area contributed by atoms with Gasteiger partial charge in [-0.3, -0.25) is 0 Å². The van der Waals surface area contributed by atoms with Crippen molar-refractivity contribution in [2.45, 2.75) is 5.92 Å². The first-order chi connectivity index (χ1) is 10.3. The van der Waals surface area contributed by atoms with Crippen molar-refractivity contribution in [3.05, 3.63) is 58.4 Å². The molecule has 1 atom stereocenters. The average molecular weight is 315 g/mol. The zero-order valence-electron chi connectivity index (χ0n) is 11.7. The number of rotatable bonds is 4. The Morgan fingerprint density at radius 1 is 1.29 bits per heavy atom. The third-order valence-corrected chi connectivity index (χ3v) is 4.91. The minimum atomic E-state index is 0.285. The second-order valence-electron chi connectivity index (χ2n) is 4.82. The minimum Gasteiger partial charge on any atom is -0.366 e. The largest absolute Gasteiger partial charge is 0.366 e. The monoisotopic (exact) mass is 315 g/mol. The number of H-pyrrole nitrogens is 1. The van der Waals surface area contributed by atoms with E-state index in [0.29, 0.717) is 5.11 Å². The van der Waals surface area contributed by atoms with Gasteiger partial charge >= 0.3 is 0 Å². The number of hydrogen-bond donors (Lipinski definition) is 3. The van der Waals surface area contributed by atoms with Crippen LogP contribution in [0.4, 0.5) is 0 Å². The summed E-state index contributed by atoms with van der Waals surface area (Å²) in [5, 5.41) is 10.3. The lowest BCUT2D eigenvalue weighted by Gasteiger charge is -2.17. The summed E-state index contributed by atoms with van der Waals surface area (Å²) in [7, 11) is 1.83. The van der Waals surface area contributed by atoms with Crippen molar-refractivity contribution in [2.75, 3.05) is 13.6 Å². The molecule has 3 N–H and O–H groups in total. The van der Waals surface area contributed by atoms with E-state index in [1.54, 1.807) is 11.3 Å². The highest BCUT2D eigenvalue weighted by Gasteiger charge is 2.19. The topological polar surface area (TPSA) is 39.8 Å². The highest BCUT2D eigenvalue weighted by Crippen LogP contribution is 2.32.